The van der Waals surface area contributed by atoms with E-state index in [1.807, 2.05) is 24.3 Å². The fourth-order valence-corrected chi connectivity index (χ4v) is 4.71. The Kier molecular flexibility index (Phi) is 7.83. The third-order valence-corrected chi connectivity index (χ3v) is 6.93. The van der Waals surface area contributed by atoms with Gasteiger partial charge >= 0.3 is 12.1 Å². The molecule has 0 saturated carbocycles. The molecule has 1 heterocycles. The highest BCUT2D eigenvalue weighted by molar-refractivity contribution is 6.30. The van der Waals surface area contributed by atoms with Gasteiger partial charge in [0.25, 0.3) is 5.91 Å². The Balaban J connectivity index is 1.78. The average Bonchev–Trinajstić information content (AvgIpc) is 2.85. The molecule has 200 valence electrons. The van der Waals surface area contributed by atoms with Crippen molar-refractivity contribution >= 4 is 46.0 Å². The first-order chi connectivity index (χ1) is 17.8. The van der Waals surface area contributed by atoms with Crippen LogP contribution in [0.1, 0.15) is 54.4 Å². The molecule has 0 aliphatic heterocycles. The van der Waals surface area contributed by atoms with E-state index in [-0.39, 0.29) is 16.9 Å². The lowest BCUT2D eigenvalue weighted by molar-refractivity contribution is -0.140. The normalized spacial score (nSPS) is 16.8. The minimum atomic E-state index is -4.56. The summed E-state index contributed by atoms with van der Waals surface area (Å²) in [6, 6.07) is 14.6. The van der Waals surface area contributed by atoms with E-state index in [2.05, 4.69) is 20.8 Å². The van der Waals surface area contributed by atoms with Gasteiger partial charge in [-0.2, -0.15) is 13.2 Å². The average molecular weight is 545 g/mol. The van der Waals surface area contributed by atoms with Gasteiger partial charge in [-0.05, 0) is 65.1 Å². The number of hydrogen-bond acceptors (Lipinski definition) is 4. The number of carbonyl (C=O) groups excluding carboxylic acids is 2. The van der Waals surface area contributed by atoms with Gasteiger partial charge in [0, 0.05) is 10.4 Å². The molecule has 1 aliphatic carbocycles. The number of nitrogens with zero attached hydrogens (tertiary/aromatic N) is 1. The lowest BCUT2D eigenvalue weighted by Crippen LogP contribution is -2.36. The Bertz CT molecular complexity index is 1390. The van der Waals surface area contributed by atoms with Gasteiger partial charge in [0.2, 0.25) is 0 Å². The van der Waals surface area contributed by atoms with Gasteiger partial charge < -0.3 is 10.1 Å². The number of benzene rings is 2. The summed E-state index contributed by atoms with van der Waals surface area (Å²) in [5, 5.41) is 2.91. The van der Waals surface area contributed by atoms with Gasteiger partial charge in [0.15, 0.2) is 6.61 Å². The molecule has 3 aromatic rings. The zero-order chi connectivity index (χ0) is 27.7. The highest BCUT2D eigenvalue weighted by Gasteiger charge is 2.35. The summed E-state index contributed by atoms with van der Waals surface area (Å²) in [4.78, 5) is 30.2. The summed E-state index contributed by atoms with van der Waals surface area (Å²) in [7, 11) is 0. The molecule has 38 heavy (non-hydrogen) atoms. The Hall–Kier alpha value is -3.39. The van der Waals surface area contributed by atoms with Gasteiger partial charge in [-0.3, -0.25) is 4.79 Å². The maximum absolute atomic E-state index is 13.4. The summed E-state index contributed by atoms with van der Waals surface area (Å²) in [6.07, 6.45) is -1.23. The molecule has 2 aromatic carbocycles. The fourth-order valence-electron chi connectivity index (χ4n) is 4.58. The monoisotopic (exact) mass is 544 g/mol. The number of esters is 1. The summed E-state index contributed by atoms with van der Waals surface area (Å²) in [5.41, 5.74) is 4.03. The highest BCUT2D eigenvalue weighted by Crippen LogP contribution is 2.44. The van der Waals surface area contributed by atoms with Gasteiger partial charge in [-0.1, -0.05) is 62.7 Å². The number of nitrogens with one attached hydrogen (secondary N) is 1. The van der Waals surface area contributed by atoms with Crippen molar-refractivity contribution in [1.82, 2.24) is 10.3 Å². The molecule has 1 N–H and O–H groups in total. The Morgan fingerprint density at radius 3 is 2.42 bits per heavy atom. The third-order valence-electron chi connectivity index (χ3n) is 6.67. The van der Waals surface area contributed by atoms with Gasteiger partial charge in [0.1, 0.15) is 6.54 Å². The Labute approximate surface area is 224 Å². The van der Waals surface area contributed by atoms with Crippen LogP contribution in [0.2, 0.25) is 5.02 Å². The van der Waals surface area contributed by atoms with E-state index in [1.54, 1.807) is 35.6 Å². The maximum Gasteiger partial charge on any atom is 0.405 e. The Morgan fingerprint density at radius 1 is 1.08 bits per heavy atom. The van der Waals surface area contributed by atoms with E-state index in [9.17, 15) is 22.8 Å². The van der Waals surface area contributed by atoms with Crippen LogP contribution in [0.3, 0.4) is 0 Å². The number of allylic oxidation sites excluding steroid dienone is 1. The number of alkyl halides is 3. The van der Waals surface area contributed by atoms with E-state index in [1.165, 1.54) is 0 Å². The summed E-state index contributed by atoms with van der Waals surface area (Å²) < 4.78 is 42.6. The summed E-state index contributed by atoms with van der Waals surface area (Å²) in [5.74, 6) is -1.64. The van der Waals surface area contributed by atoms with Crippen molar-refractivity contribution in [2.45, 2.75) is 39.8 Å². The summed E-state index contributed by atoms with van der Waals surface area (Å²) >= 11 is 6.06. The molecule has 1 atom stereocenters. The van der Waals surface area contributed by atoms with Crippen molar-refractivity contribution in [2.75, 3.05) is 13.2 Å². The van der Waals surface area contributed by atoms with Crippen LogP contribution in [0.4, 0.5) is 13.2 Å². The molecule has 9 heteroatoms. The van der Waals surface area contributed by atoms with Crippen molar-refractivity contribution in [3.63, 3.8) is 0 Å². The number of amides is 1. The van der Waals surface area contributed by atoms with Crippen LogP contribution < -0.4 is 5.32 Å². The number of para-hydroxylation sites is 1. The highest BCUT2D eigenvalue weighted by atomic mass is 35.5. The van der Waals surface area contributed by atoms with E-state index in [0.717, 1.165) is 17.6 Å². The number of pyridine rings is 1. The molecule has 0 saturated heterocycles. The van der Waals surface area contributed by atoms with E-state index >= 15 is 0 Å². The molecule has 0 radical (unpaired) electrons. The largest absolute Gasteiger partial charge is 0.452 e. The van der Waals surface area contributed by atoms with Crippen LogP contribution >= 0.6 is 11.6 Å². The van der Waals surface area contributed by atoms with E-state index < -0.39 is 31.2 Å². The molecule has 1 aromatic heterocycles. The first-order valence-corrected chi connectivity index (χ1v) is 12.6. The third kappa shape index (κ3) is 6.54. The molecule has 1 amide bonds. The Morgan fingerprint density at radius 2 is 1.76 bits per heavy atom. The number of aromatic nitrogens is 1. The van der Waals surface area contributed by atoms with Crippen LogP contribution in [0.15, 0.2) is 48.5 Å². The molecule has 5 nitrogen and oxygen atoms in total. The SMILES string of the molecule is CC(C)(C)[C@@H]1C/C(=C/c2ccc(Cl)cc2)c2nc3ccccc3c(C(=O)OCC(=O)NCC(F)(F)F)c2C1. The molecule has 4 rings (SSSR count). The predicted octanol–water partition coefficient (Wildman–Crippen LogP) is 6.87. The standard InChI is InChI=1S/C29H28ClF3N2O3/c1-28(2,3)19-13-18(12-17-8-10-20(30)11-9-17)26-22(14-19)25(21-6-4-5-7-23(21)35-26)27(37)38-15-24(36)34-16-29(31,32)33/h4-12,19H,13-16H2,1-3H3,(H,34,36)/b18-12-/t19-/m1/s1. The van der Waals surface area contributed by atoms with Crippen molar-refractivity contribution in [1.29, 1.82) is 0 Å². The second-order valence-corrected chi connectivity index (χ2v) is 10.9. The molecular formula is C29H28ClF3N2O3. The lowest BCUT2D eigenvalue weighted by Gasteiger charge is -2.36. The van der Waals surface area contributed by atoms with Crippen molar-refractivity contribution < 1.29 is 27.5 Å². The summed E-state index contributed by atoms with van der Waals surface area (Å²) in [6.45, 7) is 4.10. The predicted molar refractivity (Wildman–Crippen MR) is 142 cm³/mol. The van der Waals surface area contributed by atoms with E-state index in [0.29, 0.717) is 33.6 Å². The van der Waals surface area contributed by atoms with Crippen molar-refractivity contribution in [3.05, 3.63) is 75.9 Å². The lowest BCUT2D eigenvalue weighted by atomic mass is 9.69. The van der Waals surface area contributed by atoms with Gasteiger partial charge in [0.05, 0.1) is 16.8 Å². The molecule has 0 spiro atoms. The minimum Gasteiger partial charge on any atom is -0.452 e. The first-order valence-electron chi connectivity index (χ1n) is 12.2. The topological polar surface area (TPSA) is 68.3 Å². The smallest absolute Gasteiger partial charge is 0.405 e. The number of hydrogen-bond donors (Lipinski definition) is 1. The molecule has 0 unspecified atom stereocenters. The first kappa shape index (κ1) is 27.6. The number of rotatable bonds is 5. The fraction of sp³-hybridized carbons (Fsp3) is 0.345. The second kappa shape index (κ2) is 10.8. The van der Waals surface area contributed by atoms with Crippen molar-refractivity contribution in [3.8, 4) is 0 Å². The van der Waals surface area contributed by atoms with Crippen molar-refractivity contribution in [2.24, 2.45) is 11.3 Å². The van der Waals surface area contributed by atoms with Gasteiger partial charge in [-0.15, -0.1) is 0 Å². The maximum atomic E-state index is 13.4. The quantitative estimate of drug-likeness (QED) is 0.356. The van der Waals surface area contributed by atoms with E-state index in [4.69, 9.17) is 21.3 Å². The second-order valence-electron chi connectivity index (χ2n) is 10.5. The number of ether oxygens (including phenoxy) is 1. The van der Waals surface area contributed by atoms with Gasteiger partial charge in [-0.25, -0.2) is 9.78 Å². The molecule has 0 bridgehead atoms. The van der Waals surface area contributed by atoms with Crippen LogP contribution in [-0.4, -0.2) is 36.2 Å². The number of fused-ring (bicyclic) bond motifs is 2. The molecular weight excluding hydrogens is 517 g/mol. The molecule has 1 aliphatic rings. The van der Waals surface area contributed by atoms with Crippen LogP contribution in [0, 0.1) is 11.3 Å². The zero-order valence-electron chi connectivity index (χ0n) is 21.3. The minimum absolute atomic E-state index is 0.0962. The van der Waals surface area contributed by atoms with Crippen LogP contribution in [-0.2, 0) is 16.0 Å². The van der Waals surface area contributed by atoms with Crippen LogP contribution in [0.25, 0.3) is 22.6 Å². The number of halogens is 4. The molecule has 0 fully saturated rings. The number of carbonyl (C=O) groups is 2. The zero-order valence-corrected chi connectivity index (χ0v) is 22.0. The van der Waals surface area contributed by atoms with Crippen LogP contribution in [0.5, 0.6) is 0 Å².